The van der Waals surface area contributed by atoms with E-state index in [9.17, 15) is 15.0 Å². The number of hydrogen-bond acceptors (Lipinski definition) is 3. The second-order valence-corrected chi connectivity index (χ2v) is 6.88. The van der Waals surface area contributed by atoms with Gasteiger partial charge in [-0.2, -0.15) is 0 Å². The summed E-state index contributed by atoms with van der Waals surface area (Å²) >= 11 is 0. The van der Waals surface area contributed by atoms with E-state index in [0.29, 0.717) is 30.3 Å². The Morgan fingerprint density at radius 2 is 2.21 bits per heavy atom. The van der Waals surface area contributed by atoms with Crippen LogP contribution in [-0.2, 0) is 4.79 Å². The molecule has 19 heavy (non-hydrogen) atoms. The van der Waals surface area contributed by atoms with Crippen LogP contribution in [0.25, 0.3) is 0 Å². The van der Waals surface area contributed by atoms with E-state index < -0.39 is 17.7 Å². The van der Waals surface area contributed by atoms with E-state index in [1.807, 2.05) is 6.08 Å². The van der Waals surface area contributed by atoms with Crippen LogP contribution in [0.2, 0.25) is 0 Å². The standard InChI is InChI=1S/C15H24O4/c1-14(2,19)12(16)6-7-15(3)10-5-4-9(13(17)18)8-11(10)15/h8,10-12,16,19H,4-7H2,1-3H3,(H,17,18)/t10-,11+,12+,15+/m1/s1. The lowest BCUT2D eigenvalue weighted by Gasteiger charge is -2.25. The first-order valence-electron chi connectivity index (χ1n) is 7.00. The minimum atomic E-state index is -1.07. The predicted molar refractivity (Wildman–Crippen MR) is 71.6 cm³/mol. The highest BCUT2D eigenvalue weighted by molar-refractivity contribution is 5.87. The topological polar surface area (TPSA) is 77.8 Å². The van der Waals surface area contributed by atoms with Crippen LogP contribution in [0.3, 0.4) is 0 Å². The van der Waals surface area contributed by atoms with Gasteiger partial charge in [0.1, 0.15) is 0 Å². The highest BCUT2D eigenvalue weighted by atomic mass is 16.4. The van der Waals surface area contributed by atoms with Crippen LogP contribution in [-0.4, -0.2) is 33.0 Å². The van der Waals surface area contributed by atoms with Crippen molar-refractivity contribution < 1.29 is 20.1 Å². The molecule has 4 atom stereocenters. The quantitative estimate of drug-likeness (QED) is 0.712. The van der Waals surface area contributed by atoms with Gasteiger partial charge in [-0.05, 0) is 56.8 Å². The number of carbonyl (C=O) groups is 1. The molecule has 0 aromatic heterocycles. The molecule has 1 fully saturated rings. The largest absolute Gasteiger partial charge is 0.478 e. The zero-order valence-electron chi connectivity index (χ0n) is 11.9. The molecular weight excluding hydrogens is 244 g/mol. The van der Waals surface area contributed by atoms with Crippen molar-refractivity contribution >= 4 is 5.97 Å². The van der Waals surface area contributed by atoms with Crippen LogP contribution in [0.4, 0.5) is 0 Å². The molecule has 0 aromatic carbocycles. The first kappa shape index (κ1) is 14.5. The maximum Gasteiger partial charge on any atom is 0.331 e. The molecule has 0 bridgehead atoms. The lowest BCUT2D eigenvalue weighted by atomic mass is 9.90. The highest BCUT2D eigenvalue weighted by Crippen LogP contribution is 2.66. The number of aliphatic carboxylic acids is 1. The Labute approximate surface area is 114 Å². The summed E-state index contributed by atoms with van der Waals surface area (Å²) in [6.45, 7) is 5.39. The van der Waals surface area contributed by atoms with Crippen LogP contribution in [0.1, 0.15) is 46.5 Å². The number of hydrogen-bond donors (Lipinski definition) is 3. The number of aliphatic hydroxyl groups is 2. The summed E-state index contributed by atoms with van der Waals surface area (Å²) in [6.07, 6.45) is 4.15. The molecule has 0 spiro atoms. The van der Waals surface area contributed by atoms with Gasteiger partial charge >= 0.3 is 5.97 Å². The molecule has 0 aliphatic heterocycles. The first-order chi connectivity index (χ1) is 8.66. The molecule has 108 valence electrons. The second kappa shape index (κ2) is 4.60. The van der Waals surface area contributed by atoms with E-state index in [1.165, 1.54) is 0 Å². The summed E-state index contributed by atoms with van der Waals surface area (Å²) < 4.78 is 0. The van der Waals surface area contributed by atoms with Gasteiger partial charge in [0.05, 0.1) is 11.7 Å². The van der Waals surface area contributed by atoms with E-state index in [4.69, 9.17) is 5.11 Å². The number of aliphatic hydroxyl groups excluding tert-OH is 1. The summed E-state index contributed by atoms with van der Waals surface area (Å²) in [5.74, 6) is 0.0789. The van der Waals surface area contributed by atoms with E-state index in [1.54, 1.807) is 13.8 Å². The van der Waals surface area contributed by atoms with Gasteiger partial charge in [0.2, 0.25) is 0 Å². The number of carboxylic acids is 1. The smallest absolute Gasteiger partial charge is 0.331 e. The lowest BCUT2D eigenvalue weighted by Crippen LogP contribution is -2.36. The van der Waals surface area contributed by atoms with E-state index in [0.717, 1.165) is 12.8 Å². The van der Waals surface area contributed by atoms with Crippen LogP contribution in [0, 0.1) is 17.3 Å². The molecule has 0 heterocycles. The Hall–Kier alpha value is -0.870. The van der Waals surface area contributed by atoms with Crippen LogP contribution in [0.5, 0.6) is 0 Å². The Morgan fingerprint density at radius 3 is 2.74 bits per heavy atom. The Kier molecular flexibility index (Phi) is 3.52. The summed E-state index contributed by atoms with van der Waals surface area (Å²) in [5.41, 5.74) is -0.435. The molecule has 2 aliphatic rings. The third-order valence-electron chi connectivity index (χ3n) is 5.08. The van der Waals surface area contributed by atoms with Gasteiger partial charge in [-0.25, -0.2) is 4.79 Å². The monoisotopic (exact) mass is 268 g/mol. The summed E-state index contributed by atoms with van der Waals surface area (Å²) in [5, 5.41) is 28.7. The second-order valence-electron chi connectivity index (χ2n) is 6.88. The third kappa shape index (κ3) is 2.70. The molecule has 0 unspecified atom stereocenters. The molecule has 0 amide bonds. The molecule has 0 saturated heterocycles. The minimum absolute atomic E-state index is 0.101. The Balaban J connectivity index is 1.95. The maximum atomic E-state index is 11.0. The van der Waals surface area contributed by atoms with E-state index >= 15 is 0 Å². The van der Waals surface area contributed by atoms with Gasteiger partial charge in [0.15, 0.2) is 0 Å². The highest BCUT2D eigenvalue weighted by Gasteiger charge is 2.60. The van der Waals surface area contributed by atoms with E-state index in [2.05, 4.69) is 6.92 Å². The van der Waals surface area contributed by atoms with Crippen LogP contribution in [0.15, 0.2) is 11.6 Å². The number of carboxylic acid groups (broad SMARTS) is 1. The van der Waals surface area contributed by atoms with Gasteiger partial charge in [0.25, 0.3) is 0 Å². The van der Waals surface area contributed by atoms with Gasteiger partial charge in [-0.3, -0.25) is 0 Å². The average molecular weight is 268 g/mol. The average Bonchev–Trinajstić information content (AvgIpc) is 2.91. The Bertz CT molecular complexity index is 407. The van der Waals surface area contributed by atoms with E-state index in [-0.39, 0.29) is 5.41 Å². The maximum absolute atomic E-state index is 11.0. The number of fused-ring (bicyclic) bond motifs is 1. The van der Waals surface area contributed by atoms with Crippen molar-refractivity contribution in [3.63, 3.8) is 0 Å². The van der Waals surface area contributed by atoms with Crippen molar-refractivity contribution in [2.45, 2.75) is 58.2 Å². The molecule has 0 radical (unpaired) electrons. The number of allylic oxidation sites excluding steroid dienone is 1. The SMILES string of the molecule is CC(C)(O)[C@@H](O)CC[C@@]1(C)[C@@H]2CCC(C(=O)O)=C[C@@H]21. The molecule has 4 heteroatoms. The van der Waals surface area contributed by atoms with Crippen molar-refractivity contribution in [1.29, 1.82) is 0 Å². The summed E-state index contributed by atoms with van der Waals surface area (Å²) in [7, 11) is 0. The van der Waals surface area contributed by atoms with Crippen LogP contribution < -0.4 is 0 Å². The lowest BCUT2D eigenvalue weighted by molar-refractivity contribution is -0.132. The predicted octanol–water partition coefficient (Wildman–Crippen LogP) is 1.96. The molecule has 1 saturated carbocycles. The third-order valence-corrected chi connectivity index (χ3v) is 5.08. The molecule has 2 aliphatic carbocycles. The summed E-state index contributed by atoms with van der Waals surface area (Å²) in [4.78, 5) is 11.0. The summed E-state index contributed by atoms with van der Waals surface area (Å²) in [6, 6.07) is 0. The van der Waals surface area contributed by atoms with Crippen molar-refractivity contribution in [1.82, 2.24) is 0 Å². The molecular formula is C15H24O4. The van der Waals surface area contributed by atoms with Gasteiger partial charge in [-0.1, -0.05) is 13.0 Å². The zero-order valence-corrected chi connectivity index (χ0v) is 11.9. The zero-order chi connectivity index (χ0) is 14.4. The van der Waals surface area contributed by atoms with Crippen LogP contribution >= 0.6 is 0 Å². The van der Waals surface area contributed by atoms with Crippen molar-refractivity contribution in [2.75, 3.05) is 0 Å². The molecule has 4 nitrogen and oxygen atoms in total. The van der Waals surface area contributed by atoms with Gasteiger partial charge in [-0.15, -0.1) is 0 Å². The van der Waals surface area contributed by atoms with Crippen molar-refractivity contribution in [3.05, 3.63) is 11.6 Å². The molecule has 0 aromatic rings. The first-order valence-corrected chi connectivity index (χ1v) is 7.00. The Morgan fingerprint density at radius 1 is 1.58 bits per heavy atom. The van der Waals surface area contributed by atoms with Gasteiger partial charge < -0.3 is 15.3 Å². The number of rotatable bonds is 5. The fourth-order valence-electron chi connectivity index (χ4n) is 3.46. The van der Waals surface area contributed by atoms with Gasteiger partial charge in [0, 0.05) is 5.57 Å². The normalized spacial score (nSPS) is 35.3. The van der Waals surface area contributed by atoms with Crippen molar-refractivity contribution in [3.8, 4) is 0 Å². The fourth-order valence-corrected chi connectivity index (χ4v) is 3.46. The molecule has 2 rings (SSSR count). The fraction of sp³-hybridized carbons (Fsp3) is 0.800. The molecule has 3 N–H and O–H groups in total. The van der Waals surface area contributed by atoms with Crippen molar-refractivity contribution in [2.24, 2.45) is 17.3 Å². The minimum Gasteiger partial charge on any atom is -0.478 e.